The normalized spacial score (nSPS) is 25.5. The molecule has 0 unspecified atom stereocenters. The second-order valence-electron chi connectivity index (χ2n) is 8.11. The zero-order valence-electron chi connectivity index (χ0n) is 16.5. The minimum atomic E-state index is -1.14. The van der Waals surface area contributed by atoms with E-state index >= 15 is 0 Å². The van der Waals surface area contributed by atoms with Crippen LogP contribution in [0.2, 0.25) is 0 Å². The molecule has 2 N–H and O–H groups in total. The highest BCUT2D eigenvalue weighted by molar-refractivity contribution is 6.25. The Kier molecular flexibility index (Phi) is 4.86. The third-order valence-electron chi connectivity index (χ3n) is 6.32. The van der Waals surface area contributed by atoms with Crippen LogP contribution in [0.15, 0.2) is 60.7 Å². The zero-order chi connectivity index (χ0) is 20.6. The Labute approximate surface area is 170 Å². The summed E-state index contributed by atoms with van der Waals surface area (Å²) in [7, 11) is 0. The first-order valence-electron chi connectivity index (χ1n) is 10.0. The molecule has 1 heterocycles. The lowest BCUT2D eigenvalue weighted by atomic mass is 9.63. The maximum Gasteiger partial charge on any atom is 0.259 e. The fourth-order valence-electron chi connectivity index (χ4n) is 4.60. The molecule has 6 nitrogen and oxygen atoms in total. The fraction of sp³-hybridized carbons (Fsp3) is 0.348. The molecule has 6 heteroatoms. The molecule has 29 heavy (non-hydrogen) atoms. The van der Waals surface area contributed by atoms with Crippen molar-refractivity contribution in [2.24, 2.45) is 23.0 Å². The highest BCUT2D eigenvalue weighted by atomic mass is 16.2. The highest BCUT2D eigenvalue weighted by Gasteiger charge is 2.60. The summed E-state index contributed by atoms with van der Waals surface area (Å²) in [5.74, 6) is -1.99. The number of benzene rings is 2. The number of carbonyl (C=O) groups excluding carboxylic acids is 3. The fourth-order valence-corrected chi connectivity index (χ4v) is 4.60. The van der Waals surface area contributed by atoms with Crippen molar-refractivity contribution in [1.29, 1.82) is 0 Å². The van der Waals surface area contributed by atoms with Gasteiger partial charge < -0.3 is 5.73 Å². The van der Waals surface area contributed by atoms with E-state index in [1.165, 1.54) is 10.0 Å². The third kappa shape index (κ3) is 3.09. The molecule has 1 saturated carbocycles. The van der Waals surface area contributed by atoms with Gasteiger partial charge in [0.2, 0.25) is 5.91 Å². The monoisotopic (exact) mass is 391 g/mol. The molecule has 2 aromatic carbocycles. The van der Waals surface area contributed by atoms with Gasteiger partial charge in [-0.1, -0.05) is 43.3 Å². The Bertz CT molecular complexity index is 863. The van der Waals surface area contributed by atoms with E-state index in [0.29, 0.717) is 30.1 Å². The van der Waals surface area contributed by atoms with E-state index < -0.39 is 29.1 Å². The summed E-state index contributed by atoms with van der Waals surface area (Å²) in [5, 5.41) is 2.79. The Hall–Kier alpha value is -3.15. The van der Waals surface area contributed by atoms with Gasteiger partial charge in [-0.3, -0.25) is 14.4 Å². The number of nitrogens with two attached hydrogens (primary N) is 1. The molecular weight excluding hydrogens is 366 g/mol. The maximum absolute atomic E-state index is 13.6. The molecule has 0 spiro atoms. The van der Waals surface area contributed by atoms with Crippen LogP contribution in [0.1, 0.15) is 32.6 Å². The van der Waals surface area contributed by atoms with Gasteiger partial charge in [0.05, 0.1) is 16.8 Å². The largest absolute Gasteiger partial charge is 0.369 e. The van der Waals surface area contributed by atoms with Gasteiger partial charge in [0, 0.05) is 0 Å². The number of hydrazine groups is 1. The highest BCUT2D eigenvalue weighted by Crippen LogP contribution is 2.49. The molecule has 3 amide bonds. The molecule has 0 atom stereocenters. The van der Waals surface area contributed by atoms with Crippen molar-refractivity contribution in [3.8, 4) is 0 Å². The summed E-state index contributed by atoms with van der Waals surface area (Å²) in [6, 6.07) is 18.1. The first-order valence-corrected chi connectivity index (χ1v) is 10.0. The number of rotatable bonds is 4. The first kappa shape index (κ1) is 19.2. The summed E-state index contributed by atoms with van der Waals surface area (Å²) in [5.41, 5.74) is 5.87. The molecule has 1 aliphatic carbocycles. The number of amides is 3. The predicted molar refractivity (Wildman–Crippen MR) is 111 cm³/mol. The lowest BCUT2D eigenvalue weighted by Gasteiger charge is -2.38. The van der Waals surface area contributed by atoms with Gasteiger partial charge >= 0.3 is 0 Å². The zero-order valence-corrected chi connectivity index (χ0v) is 16.5. The topological polar surface area (TPSA) is 83.7 Å². The number of hydrogen-bond acceptors (Lipinski definition) is 3. The predicted octanol–water partition coefficient (Wildman–Crippen LogP) is 3.28. The van der Waals surface area contributed by atoms with Crippen LogP contribution in [-0.4, -0.2) is 17.7 Å². The van der Waals surface area contributed by atoms with E-state index in [9.17, 15) is 14.4 Å². The molecule has 150 valence electrons. The average Bonchev–Trinajstić information content (AvgIpc) is 3.00. The van der Waals surface area contributed by atoms with Crippen LogP contribution in [0, 0.1) is 17.3 Å². The van der Waals surface area contributed by atoms with Crippen molar-refractivity contribution in [2.75, 3.05) is 10.0 Å². The van der Waals surface area contributed by atoms with E-state index in [4.69, 9.17) is 5.73 Å². The van der Waals surface area contributed by atoms with Crippen molar-refractivity contribution in [3.05, 3.63) is 60.7 Å². The minimum Gasteiger partial charge on any atom is -0.369 e. The van der Waals surface area contributed by atoms with Crippen molar-refractivity contribution in [3.63, 3.8) is 0 Å². The third-order valence-corrected chi connectivity index (χ3v) is 6.32. The van der Waals surface area contributed by atoms with Gasteiger partial charge in [-0.05, 0) is 55.9 Å². The van der Waals surface area contributed by atoms with Crippen molar-refractivity contribution < 1.29 is 14.4 Å². The van der Waals surface area contributed by atoms with Gasteiger partial charge in [-0.15, -0.1) is 0 Å². The van der Waals surface area contributed by atoms with Gasteiger partial charge in [0.1, 0.15) is 5.92 Å². The Morgan fingerprint density at radius 1 is 0.862 bits per heavy atom. The number of para-hydroxylation sites is 2. The second-order valence-corrected chi connectivity index (χ2v) is 8.11. The molecule has 1 saturated heterocycles. The number of anilines is 2. The van der Waals surface area contributed by atoms with Crippen molar-refractivity contribution >= 4 is 29.1 Å². The van der Waals surface area contributed by atoms with Gasteiger partial charge in [0.25, 0.3) is 11.8 Å². The van der Waals surface area contributed by atoms with Crippen molar-refractivity contribution in [1.82, 2.24) is 0 Å². The van der Waals surface area contributed by atoms with Crippen LogP contribution in [-0.2, 0) is 14.4 Å². The number of hydrogen-bond donors (Lipinski definition) is 1. The molecule has 0 bridgehead atoms. The summed E-state index contributed by atoms with van der Waals surface area (Å²) < 4.78 is 0. The van der Waals surface area contributed by atoms with Gasteiger partial charge in [-0.2, -0.15) is 0 Å². The SMILES string of the molecule is CC1CCC(C(N)=O)(C2C(=O)N(c3ccccc3)N(c3ccccc3)C2=O)CC1. The smallest absolute Gasteiger partial charge is 0.259 e. The van der Waals surface area contributed by atoms with Crippen LogP contribution in [0.25, 0.3) is 0 Å². The van der Waals surface area contributed by atoms with Crippen molar-refractivity contribution in [2.45, 2.75) is 32.6 Å². The Morgan fingerprint density at radius 3 is 1.66 bits per heavy atom. The summed E-state index contributed by atoms with van der Waals surface area (Å²) >= 11 is 0. The Balaban J connectivity index is 1.83. The molecular formula is C23H25N3O3. The summed E-state index contributed by atoms with van der Waals surface area (Å²) in [6.45, 7) is 2.12. The second kappa shape index (κ2) is 7.35. The van der Waals surface area contributed by atoms with E-state index in [1.54, 1.807) is 24.3 Å². The van der Waals surface area contributed by atoms with Crippen LogP contribution in [0.4, 0.5) is 11.4 Å². The molecule has 2 fully saturated rings. The molecule has 4 rings (SSSR count). The first-order chi connectivity index (χ1) is 14.0. The molecule has 0 aromatic heterocycles. The number of carbonyl (C=O) groups is 3. The molecule has 0 radical (unpaired) electrons. The van der Waals surface area contributed by atoms with E-state index in [2.05, 4.69) is 6.92 Å². The number of nitrogens with zero attached hydrogens (tertiary/aromatic N) is 2. The van der Waals surface area contributed by atoms with Gasteiger partial charge in [0.15, 0.2) is 0 Å². The quantitative estimate of drug-likeness (QED) is 0.812. The van der Waals surface area contributed by atoms with Crippen LogP contribution >= 0.6 is 0 Å². The lowest BCUT2D eigenvalue weighted by Crippen LogP contribution is -2.50. The maximum atomic E-state index is 13.6. The molecule has 1 aliphatic heterocycles. The van der Waals surface area contributed by atoms with E-state index in [0.717, 1.165) is 12.8 Å². The summed E-state index contributed by atoms with van der Waals surface area (Å²) in [6.07, 6.45) is 2.46. The standard InChI is InChI=1S/C23H25N3O3/c1-16-12-14-23(15-13-16,22(24)29)19-20(27)25(17-8-4-2-5-9-17)26(21(19)28)18-10-6-3-7-11-18/h2-11,16,19H,12-15H2,1H3,(H2,24,29). The van der Waals surface area contributed by atoms with Gasteiger partial charge in [-0.25, -0.2) is 10.0 Å². The van der Waals surface area contributed by atoms with Crippen LogP contribution in [0.3, 0.4) is 0 Å². The number of primary amides is 1. The summed E-state index contributed by atoms with van der Waals surface area (Å²) in [4.78, 5) is 39.9. The van der Waals surface area contributed by atoms with E-state index in [-0.39, 0.29) is 0 Å². The lowest BCUT2D eigenvalue weighted by molar-refractivity contribution is -0.146. The van der Waals surface area contributed by atoms with E-state index in [1.807, 2.05) is 36.4 Å². The van der Waals surface area contributed by atoms with Crippen LogP contribution < -0.4 is 15.8 Å². The average molecular weight is 391 g/mol. The minimum absolute atomic E-state index is 0.390. The van der Waals surface area contributed by atoms with Crippen LogP contribution in [0.5, 0.6) is 0 Å². The molecule has 2 aromatic rings. The Morgan fingerprint density at radius 2 is 1.28 bits per heavy atom. The molecule has 2 aliphatic rings.